The van der Waals surface area contributed by atoms with Crippen LogP contribution in [0.25, 0.3) is 0 Å². The van der Waals surface area contributed by atoms with Gasteiger partial charge in [0.25, 0.3) is 0 Å². The van der Waals surface area contributed by atoms with E-state index < -0.39 is 6.29 Å². The summed E-state index contributed by atoms with van der Waals surface area (Å²) in [5.41, 5.74) is 0. The zero-order valence-corrected chi connectivity index (χ0v) is 8.03. The molecule has 0 radical (unpaired) electrons. The summed E-state index contributed by atoms with van der Waals surface area (Å²) in [7, 11) is 0. The molecule has 0 unspecified atom stereocenters. The van der Waals surface area contributed by atoms with E-state index in [1.807, 2.05) is 26.0 Å². The molecule has 0 saturated carbocycles. The number of hydrogen-bond acceptors (Lipinski definition) is 2. The summed E-state index contributed by atoms with van der Waals surface area (Å²) in [4.78, 5) is 0. The first-order valence-corrected chi connectivity index (χ1v) is 4.28. The average Bonchev–Trinajstić information content (AvgIpc) is 2.03. The van der Waals surface area contributed by atoms with Gasteiger partial charge in [-0.05, 0) is 19.8 Å². The quantitative estimate of drug-likeness (QED) is 0.504. The van der Waals surface area contributed by atoms with Gasteiger partial charge in [0.15, 0.2) is 6.29 Å². The van der Waals surface area contributed by atoms with Crippen LogP contribution in [-0.4, -0.2) is 16.5 Å². The highest BCUT2D eigenvalue weighted by molar-refractivity contribution is 4.94. The van der Waals surface area contributed by atoms with Crippen molar-refractivity contribution < 1.29 is 10.2 Å². The van der Waals surface area contributed by atoms with Crippen molar-refractivity contribution in [1.82, 2.24) is 0 Å². The van der Waals surface area contributed by atoms with Crippen LogP contribution in [0.4, 0.5) is 0 Å². The van der Waals surface area contributed by atoms with Crippen molar-refractivity contribution >= 4 is 0 Å². The molecule has 0 amide bonds. The highest BCUT2D eigenvalue weighted by atomic mass is 16.5. The van der Waals surface area contributed by atoms with E-state index in [2.05, 4.69) is 6.58 Å². The highest BCUT2D eigenvalue weighted by Gasteiger charge is 1.92. The number of hydrogen-bond donors (Lipinski definition) is 2. The van der Waals surface area contributed by atoms with E-state index in [0.29, 0.717) is 6.42 Å². The Bertz CT molecular complexity index is 106. The minimum Gasteiger partial charge on any atom is -0.368 e. The van der Waals surface area contributed by atoms with Crippen molar-refractivity contribution in [1.29, 1.82) is 0 Å². The Morgan fingerprint density at radius 2 is 2.00 bits per heavy atom. The molecule has 0 atom stereocenters. The Labute approximate surface area is 75.2 Å². The van der Waals surface area contributed by atoms with Gasteiger partial charge in [0.2, 0.25) is 0 Å². The van der Waals surface area contributed by atoms with Crippen LogP contribution in [0.3, 0.4) is 0 Å². The average molecular weight is 172 g/mol. The maximum Gasteiger partial charge on any atom is 0.151 e. The molecule has 12 heavy (non-hydrogen) atoms. The molecule has 2 nitrogen and oxygen atoms in total. The van der Waals surface area contributed by atoms with Crippen molar-refractivity contribution in [2.75, 3.05) is 0 Å². The fourth-order valence-electron chi connectivity index (χ4n) is 0.523. The van der Waals surface area contributed by atoms with Crippen LogP contribution < -0.4 is 0 Å². The number of allylic oxidation sites excluding steroid dienone is 3. The molecule has 0 spiro atoms. The van der Waals surface area contributed by atoms with Crippen LogP contribution in [0.5, 0.6) is 0 Å². The molecular weight excluding hydrogens is 152 g/mol. The van der Waals surface area contributed by atoms with Gasteiger partial charge in [0.1, 0.15) is 0 Å². The highest BCUT2D eigenvalue weighted by Crippen LogP contribution is 1.95. The van der Waals surface area contributed by atoms with Gasteiger partial charge in [-0.1, -0.05) is 38.2 Å². The summed E-state index contributed by atoms with van der Waals surface area (Å²) in [5.74, 6) is 0. The molecule has 0 aromatic heterocycles. The van der Waals surface area contributed by atoms with Gasteiger partial charge in [0, 0.05) is 0 Å². The predicted molar refractivity (Wildman–Crippen MR) is 52.8 cm³/mol. The summed E-state index contributed by atoms with van der Waals surface area (Å²) in [6, 6.07) is 0. The molecule has 2 N–H and O–H groups in total. The van der Waals surface area contributed by atoms with Gasteiger partial charge in [0.05, 0.1) is 0 Å². The molecule has 0 saturated heterocycles. The van der Waals surface area contributed by atoms with Crippen molar-refractivity contribution in [2.45, 2.75) is 39.4 Å². The second kappa shape index (κ2) is 13.0. The van der Waals surface area contributed by atoms with E-state index in [1.54, 1.807) is 6.08 Å². The number of aliphatic hydroxyl groups is 2. The lowest BCUT2D eigenvalue weighted by Crippen LogP contribution is -2.02. The summed E-state index contributed by atoms with van der Waals surface area (Å²) < 4.78 is 0. The first-order valence-electron chi connectivity index (χ1n) is 4.28. The summed E-state index contributed by atoms with van der Waals surface area (Å²) in [5, 5.41) is 16.5. The van der Waals surface area contributed by atoms with Crippen LogP contribution in [0.1, 0.15) is 33.1 Å². The third-order valence-electron chi connectivity index (χ3n) is 1.14. The van der Waals surface area contributed by atoms with Crippen molar-refractivity contribution in [3.05, 3.63) is 24.8 Å². The maximum absolute atomic E-state index is 8.24. The number of aliphatic hydroxyl groups excluding tert-OH is 1. The predicted octanol–water partition coefficient (Wildman–Crippen LogP) is 2.24. The Balaban J connectivity index is 0. The summed E-state index contributed by atoms with van der Waals surface area (Å²) in [6.45, 7) is 7.44. The minimum atomic E-state index is -1.10. The van der Waals surface area contributed by atoms with E-state index in [0.717, 1.165) is 12.8 Å². The molecule has 0 fully saturated rings. The fourth-order valence-corrected chi connectivity index (χ4v) is 0.523. The minimum absolute atomic E-state index is 0.510. The van der Waals surface area contributed by atoms with E-state index in [9.17, 15) is 0 Å². The summed E-state index contributed by atoms with van der Waals surface area (Å²) in [6.07, 6.45) is 6.92. The summed E-state index contributed by atoms with van der Waals surface area (Å²) >= 11 is 0. The van der Waals surface area contributed by atoms with Gasteiger partial charge in [-0.3, -0.25) is 0 Å². The van der Waals surface area contributed by atoms with E-state index in [4.69, 9.17) is 10.2 Å². The van der Waals surface area contributed by atoms with E-state index in [1.165, 1.54) is 0 Å². The Morgan fingerprint density at radius 3 is 2.08 bits per heavy atom. The van der Waals surface area contributed by atoms with Gasteiger partial charge < -0.3 is 10.2 Å². The molecule has 0 aromatic rings. The smallest absolute Gasteiger partial charge is 0.151 e. The molecule has 0 heterocycles. The van der Waals surface area contributed by atoms with Crippen LogP contribution in [0, 0.1) is 0 Å². The third-order valence-corrected chi connectivity index (χ3v) is 1.14. The van der Waals surface area contributed by atoms with E-state index >= 15 is 0 Å². The van der Waals surface area contributed by atoms with Crippen LogP contribution in [-0.2, 0) is 0 Å². The monoisotopic (exact) mass is 172 g/mol. The molecule has 0 aliphatic carbocycles. The van der Waals surface area contributed by atoms with Crippen molar-refractivity contribution in [3.63, 3.8) is 0 Å². The van der Waals surface area contributed by atoms with Crippen LogP contribution in [0.2, 0.25) is 0 Å². The normalized spacial score (nSPS) is 9.75. The van der Waals surface area contributed by atoms with E-state index in [-0.39, 0.29) is 0 Å². The van der Waals surface area contributed by atoms with Gasteiger partial charge in [-0.25, -0.2) is 0 Å². The second-order valence-corrected chi connectivity index (χ2v) is 2.38. The Morgan fingerprint density at radius 1 is 1.42 bits per heavy atom. The Kier molecular flexibility index (Phi) is 15.1. The standard InChI is InChI=1S/C5H12O2.C5H8/c1-2-3-4-5(6)7;1-3-5-4-2/h5-7H,2-4H2,1H3;3-5H,1H2,2H3. The fraction of sp³-hybridized carbons (Fsp3) is 0.600. The molecule has 72 valence electrons. The molecular formula is C10H20O2. The molecule has 0 bridgehead atoms. The number of rotatable bonds is 4. The first kappa shape index (κ1) is 14.0. The topological polar surface area (TPSA) is 40.5 Å². The zero-order valence-electron chi connectivity index (χ0n) is 8.03. The van der Waals surface area contributed by atoms with Crippen molar-refractivity contribution in [3.8, 4) is 0 Å². The van der Waals surface area contributed by atoms with Crippen LogP contribution in [0.15, 0.2) is 24.8 Å². The van der Waals surface area contributed by atoms with Gasteiger partial charge >= 0.3 is 0 Å². The first-order chi connectivity index (χ1) is 5.68. The third kappa shape index (κ3) is 22.7. The lowest BCUT2D eigenvalue weighted by molar-refractivity contribution is -0.0463. The zero-order chi connectivity index (χ0) is 9.82. The Hall–Kier alpha value is -0.600. The van der Waals surface area contributed by atoms with Gasteiger partial charge in [-0.2, -0.15) is 0 Å². The van der Waals surface area contributed by atoms with Crippen LogP contribution >= 0.6 is 0 Å². The molecule has 2 heteroatoms. The lowest BCUT2D eigenvalue weighted by atomic mass is 10.2. The molecule has 0 aliphatic rings. The molecule has 0 aromatic carbocycles. The molecule has 0 rings (SSSR count). The maximum atomic E-state index is 8.24. The van der Waals surface area contributed by atoms with Gasteiger partial charge in [-0.15, -0.1) is 0 Å². The second-order valence-electron chi connectivity index (χ2n) is 2.38. The van der Waals surface area contributed by atoms with Crippen molar-refractivity contribution in [2.24, 2.45) is 0 Å². The molecule has 0 aliphatic heterocycles. The number of unbranched alkanes of at least 4 members (excludes halogenated alkanes) is 1. The SMILES string of the molecule is C=CC=CC.CCCCC(O)O. The largest absolute Gasteiger partial charge is 0.368 e. The lowest BCUT2D eigenvalue weighted by Gasteiger charge is -1.97.